The molecule has 9 heteroatoms. The molecule has 1 fully saturated rings. The van der Waals surface area contributed by atoms with Gasteiger partial charge in [-0.1, -0.05) is 24.3 Å². The van der Waals surface area contributed by atoms with Gasteiger partial charge in [-0.3, -0.25) is 9.78 Å². The van der Waals surface area contributed by atoms with Gasteiger partial charge in [0, 0.05) is 54.4 Å². The van der Waals surface area contributed by atoms with E-state index in [2.05, 4.69) is 49.5 Å². The number of nitrogens with one attached hydrogen (secondary N) is 1. The highest BCUT2D eigenvalue weighted by atomic mass is 79.9. The molecule has 7 nitrogen and oxygen atoms in total. The number of nitrogens with zero attached hydrogens (tertiary/aromatic N) is 5. The van der Waals surface area contributed by atoms with Gasteiger partial charge < -0.3 is 10.2 Å². The SMILES string of the molecule is O=C(c1cc2ccccc2s1)N1CCC(c2cc(NCc3cccnc3)n3ncc(Br)c3n2)CC1. The number of piperidine rings is 1. The van der Waals surface area contributed by atoms with Crippen molar-refractivity contribution in [1.82, 2.24) is 24.5 Å². The number of amides is 1. The predicted molar refractivity (Wildman–Crippen MR) is 142 cm³/mol. The van der Waals surface area contributed by atoms with Crippen molar-refractivity contribution >= 4 is 54.7 Å². The molecule has 0 saturated carbocycles. The molecule has 1 saturated heterocycles. The van der Waals surface area contributed by atoms with Crippen LogP contribution >= 0.6 is 27.3 Å². The molecule has 1 amide bonds. The average Bonchev–Trinajstić information content (AvgIpc) is 3.51. The molecule has 6 rings (SSSR count). The summed E-state index contributed by atoms with van der Waals surface area (Å²) in [6.45, 7) is 2.10. The van der Waals surface area contributed by atoms with Crippen LogP contribution < -0.4 is 5.32 Å². The molecule has 4 aromatic heterocycles. The van der Waals surface area contributed by atoms with Crippen molar-refractivity contribution in [3.63, 3.8) is 0 Å². The quantitative estimate of drug-likeness (QED) is 0.304. The molecule has 35 heavy (non-hydrogen) atoms. The van der Waals surface area contributed by atoms with E-state index in [9.17, 15) is 4.79 Å². The standard InChI is InChI=1S/C26H23BrN6OS/c27-20-16-30-33-24(29-15-17-4-3-9-28-14-17)13-21(31-25(20)33)18-7-10-32(11-8-18)26(34)23-12-19-5-1-2-6-22(19)35-23/h1-6,9,12-14,16,18,29H,7-8,10-11,15H2. The summed E-state index contributed by atoms with van der Waals surface area (Å²) in [5.41, 5.74) is 2.92. The minimum atomic E-state index is 0.130. The second-order valence-electron chi connectivity index (χ2n) is 8.72. The number of carbonyl (C=O) groups is 1. The van der Waals surface area contributed by atoms with Crippen LogP contribution in [0.2, 0.25) is 0 Å². The van der Waals surface area contributed by atoms with Gasteiger partial charge in [0.05, 0.1) is 15.5 Å². The van der Waals surface area contributed by atoms with Gasteiger partial charge in [-0.25, -0.2) is 4.98 Å². The largest absolute Gasteiger partial charge is 0.366 e. The minimum Gasteiger partial charge on any atom is -0.366 e. The third-order valence-corrected chi connectivity index (χ3v) is 8.15. The Labute approximate surface area is 215 Å². The molecular weight excluding hydrogens is 524 g/mol. The normalized spacial score (nSPS) is 14.6. The third kappa shape index (κ3) is 4.41. The first-order valence-corrected chi connectivity index (χ1v) is 13.2. The smallest absolute Gasteiger partial charge is 0.263 e. The fraction of sp³-hybridized carbons (Fsp3) is 0.231. The Hall–Kier alpha value is -3.30. The number of fused-ring (bicyclic) bond motifs is 2. The van der Waals surface area contributed by atoms with Crippen molar-refractivity contribution in [2.24, 2.45) is 0 Å². The van der Waals surface area contributed by atoms with Crippen molar-refractivity contribution in [1.29, 1.82) is 0 Å². The van der Waals surface area contributed by atoms with Crippen molar-refractivity contribution < 1.29 is 4.79 Å². The van der Waals surface area contributed by atoms with Gasteiger partial charge in [-0.2, -0.15) is 9.61 Å². The zero-order valence-corrected chi connectivity index (χ0v) is 21.3. The van der Waals surface area contributed by atoms with Gasteiger partial charge in [0.1, 0.15) is 5.82 Å². The first-order valence-electron chi connectivity index (χ1n) is 11.6. The van der Waals surface area contributed by atoms with Crippen molar-refractivity contribution in [3.8, 4) is 0 Å². The lowest BCUT2D eigenvalue weighted by atomic mass is 9.93. The molecule has 0 bridgehead atoms. The van der Waals surface area contributed by atoms with Crippen LogP contribution in [0.5, 0.6) is 0 Å². The zero-order valence-electron chi connectivity index (χ0n) is 18.9. The van der Waals surface area contributed by atoms with Gasteiger partial charge in [-0.15, -0.1) is 11.3 Å². The van der Waals surface area contributed by atoms with Gasteiger partial charge >= 0.3 is 0 Å². The molecular formula is C26H23BrN6OS. The van der Waals surface area contributed by atoms with E-state index in [0.717, 1.165) is 68.1 Å². The number of aromatic nitrogens is 4. The number of rotatable bonds is 5. The highest BCUT2D eigenvalue weighted by Gasteiger charge is 2.27. The number of thiophene rings is 1. The second-order valence-corrected chi connectivity index (χ2v) is 10.7. The van der Waals surface area contributed by atoms with Crippen LogP contribution in [-0.2, 0) is 6.54 Å². The predicted octanol–water partition coefficient (Wildman–Crippen LogP) is 5.73. The molecule has 0 spiro atoms. The van der Waals surface area contributed by atoms with Gasteiger partial charge in [0.15, 0.2) is 5.65 Å². The average molecular weight is 547 g/mol. The van der Waals surface area contributed by atoms with Crippen LogP contribution in [0, 0.1) is 0 Å². The molecule has 0 atom stereocenters. The Morgan fingerprint density at radius 3 is 2.77 bits per heavy atom. The summed E-state index contributed by atoms with van der Waals surface area (Å²) in [6, 6.07) is 16.2. The van der Waals surface area contributed by atoms with Gasteiger partial charge in [0.25, 0.3) is 5.91 Å². The molecule has 0 radical (unpaired) electrons. The number of halogens is 1. The summed E-state index contributed by atoms with van der Waals surface area (Å²) in [5, 5.41) is 9.11. The fourth-order valence-corrected chi connectivity index (χ4v) is 5.99. The Morgan fingerprint density at radius 1 is 1.11 bits per heavy atom. The van der Waals surface area contributed by atoms with Crippen molar-refractivity contribution in [2.45, 2.75) is 25.3 Å². The van der Waals surface area contributed by atoms with Gasteiger partial charge in [-0.05, 0) is 57.9 Å². The van der Waals surface area contributed by atoms with E-state index < -0.39 is 0 Å². The highest BCUT2D eigenvalue weighted by Crippen LogP contribution is 2.32. The summed E-state index contributed by atoms with van der Waals surface area (Å²) in [5.74, 6) is 1.31. The zero-order chi connectivity index (χ0) is 23.8. The van der Waals surface area contributed by atoms with E-state index >= 15 is 0 Å². The number of likely N-dealkylation sites (tertiary alicyclic amines) is 1. The fourth-order valence-electron chi connectivity index (χ4n) is 4.61. The number of hydrogen-bond acceptors (Lipinski definition) is 6. The number of pyridine rings is 1. The maximum atomic E-state index is 13.2. The van der Waals surface area contributed by atoms with Crippen LogP contribution in [0.3, 0.4) is 0 Å². The molecule has 1 aliphatic rings. The minimum absolute atomic E-state index is 0.130. The second kappa shape index (κ2) is 9.39. The molecule has 1 aliphatic heterocycles. The Balaban J connectivity index is 1.19. The molecule has 1 aromatic carbocycles. The topological polar surface area (TPSA) is 75.4 Å². The van der Waals surface area contributed by atoms with Crippen LogP contribution in [0.25, 0.3) is 15.7 Å². The summed E-state index contributed by atoms with van der Waals surface area (Å²) < 4.78 is 3.84. The molecule has 5 aromatic rings. The lowest BCUT2D eigenvalue weighted by molar-refractivity contribution is 0.0717. The monoisotopic (exact) mass is 546 g/mol. The first kappa shape index (κ1) is 22.2. The third-order valence-electron chi connectivity index (χ3n) is 6.48. The number of carbonyl (C=O) groups excluding carboxylic acids is 1. The number of benzene rings is 1. The maximum absolute atomic E-state index is 13.2. The summed E-state index contributed by atoms with van der Waals surface area (Å²) in [4.78, 5) is 25.1. The summed E-state index contributed by atoms with van der Waals surface area (Å²) in [6.07, 6.45) is 7.16. The summed E-state index contributed by atoms with van der Waals surface area (Å²) >= 11 is 5.16. The van der Waals surface area contributed by atoms with E-state index in [0.29, 0.717) is 6.54 Å². The number of hydrogen-bond donors (Lipinski definition) is 1. The van der Waals surface area contributed by atoms with Crippen LogP contribution in [0.4, 0.5) is 5.82 Å². The molecule has 5 heterocycles. The van der Waals surface area contributed by atoms with E-state index in [1.165, 1.54) is 0 Å². The van der Waals surface area contributed by atoms with Crippen molar-refractivity contribution in [2.75, 3.05) is 18.4 Å². The Morgan fingerprint density at radius 2 is 1.97 bits per heavy atom. The van der Waals surface area contributed by atoms with Crippen LogP contribution in [0.15, 0.2) is 71.6 Å². The molecule has 1 N–H and O–H groups in total. The van der Waals surface area contributed by atoms with E-state index in [1.807, 2.05) is 45.9 Å². The Bertz CT molecular complexity index is 1470. The molecule has 0 unspecified atom stereocenters. The highest BCUT2D eigenvalue weighted by molar-refractivity contribution is 9.10. The number of anilines is 1. The van der Waals surface area contributed by atoms with Crippen LogP contribution in [-0.4, -0.2) is 43.5 Å². The molecule has 176 valence electrons. The lowest BCUT2D eigenvalue weighted by Gasteiger charge is -2.31. The van der Waals surface area contributed by atoms with E-state index in [4.69, 9.17) is 4.98 Å². The first-order chi connectivity index (χ1) is 17.2. The van der Waals surface area contributed by atoms with E-state index in [-0.39, 0.29) is 11.8 Å². The Kier molecular flexibility index (Phi) is 5.95. The van der Waals surface area contributed by atoms with Crippen molar-refractivity contribution in [3.05, 3.63) is 87.7 Å². The summed E-state index contributed by atoms with van der Waals surface area (Å²) in [7, 11) is 0. The lowest BCUT2D eigenvalue weighted by Crippen LogP contribution is -2.37. The molecule has 0 aliphatic carbocycles. The maximum Gasteiger partial charge on any atom is 0.263 e. The van der Waals surface area contributed by atoms with E-state index in [1.54, 1.807) is 23.7 Å². The van der Waals surface area contributed by atoms with Crippen LogP contribution in [0.1, 0.15) is 39.7 Å². The van der Waals surface area contributed by atoms with Gasteiger partial charge in [0.2, 0.25) is 0 Å².